The van der Waals surface area contributed by atoms with Gasteiger partial charge in [-0.3, -0.25) is 4.79 Å². The molecule has 0 amide bonds. The zero-order chi connectivity index (χ0) is 7.99. The first kappa shape index (κ1) is 3.49. The minimum Gasteiger partial charge on any atom is -0.481 e. The van der Waals surface area contributed by atoms with Gasteiger partial charge in [0.05, 0.1) is 5.41 Å². The predicted molar refractivity (Wildman–Crippen MR) is 29.6 cm³/mol. The van der Waals surface area contributed by atoms with E-state index < -0.39 is 17.8 Å². The van der Waals surface area contributed by atoms with Crippen LogP contribution in [0.2, 0.25) is 0 Å². The average molecular weight is 116 g/mol. The van der Waals surface area contributed by atoms with E-state index in [4.69, 9.17) is 7.85 Å². The Balaban J connectivity index is 2.81. The van der Waals surface area contributed by atoms with Crippen molar-refractivity contribution in [2.24, 2.45) is 5.41 Å². The highest BCUT2D eigenvalue weighted by Crippen LogP contribution is 2.40. The van der Waals surface area contributed by atoms with Gasteiger partial charge in [0.15, 0.2) is 0 Å². The van der Waals surface area contributed by atoms with E-state index in [9.17, 15) is 4.79 Å². The minimum absolute atomic E-state index is 0.371. The summed E-state index contributed by atoms with van der Waals surface area (Å²) in [4.78, 5) is 10.5. The molecule has 1 fully saturated rings. The van der Waals surface area contributed by atoms with Crippen molar-refractivity contribution < 1.29 is 12.6 Å². The van der Waals surface area contributed by atoms with E-state index in [0.29, 0.717) is 12.8 Å². The topological polar surface area (TPSA) is 37.3 Å². The summed E-state index contributed by atoms with van der Waals surface area (Å²) in [7, 11) is 0. The van der Waals surface area contributed by atoms with Crippen LogP contribution in [0.4, 0.5) is 0 Å². The Hall–Kier alpha value is -0.530. The molecule has 0 heterocycles. The van der Waals surface area contributed by atoms with Crippen molar-refractivity contribution in [3.05, 3.63) is 0 Å². The lowest BCUT2D eigenvalue weighted by atomic mass is 9.71. The standard InChI is InChI=1S/C6H10O2/c1-6(5(7)8)3-2-4-6/h2-4H2,1H3,(H,7,8)/i3D2. The molecule has 0 aromatic carbocycles. The summed E-state index contributed by atoms with van der Waals surface area (Å²) in [6.07, 6.45) is -0.677. The molecule has 1 saturated carbocycles. The van der Waals surface area contributed by atoms with Gasteiger partial charge in [0.1, 0.15) is 0 Å². The SMILES string of the molecule is [2H]C1([2H])CCC1(C)C(=O)O. The molecular weight excluding hydrogens is 104 g/mol. The molecule has 1 rings (SSSR count). The van der Waals surface area contributed by atoms with Gasteiger partial charge in [0.2, 0.25) is 0 Å². The third kappa shape index (κ3) is 0.602. The average Bonchev–Trinajstić information content (AvgIpc) is 1.83. The first-order chi connectivity index (χ1) is 4.40. The number of hydrogen-bond acceptors (Lipinski definition) is 1. The fourth-order valence-electron chi connectivity index (χ4n) is 0.683. The lowest BCUT2D eigenvalue weighted by Gasteiger charge is -2.33. The van der Waals surface area contributed by atoms with Gasteiger partial charge in [-0.25, -0.2) is 0 Å². The summed E-state index contributed by atoms with van der Waals surface area (Å²) in [5.41, 5.74) is -1.13. The molecule has 1 atom stereocenters. The van der Waals surface area contributed by atoms with E-state index in [2.05, 4.69) is 0 Å². The Labute approximate surface area is 51.3 Å². The molecule has 0 bridgehead atoms. The van der Waals surface area contributed by atoms with Crippen LogP contribution in [0.5, 0.6) is 0 Å². The summed E-state index contributed by atoms with van der Waals surface area (Å²) in [6.45, 7) is 1.46. The summed E-state index contributed by atoms with van der Waals surface area (Å²) in [6, 6.07) is 0. The third-order valence-electron chi connectivity index (χ3n) is 1.61. The summed E-state index contributed by atoms with van der Waals surface area (Å²) >= 11 is 0. The summed E-state index contributed by atoms with van der Waals surface area (Å²) in [5, 5.41) is 8.59. The van der Waals surface area contributed by atoms with E-state index in [1.807, 2.05) is 0 Å². The van der Waals surface area contributed by atoms with E-state index in [0.717, 1.165) is 0 Å². The van der Waals surface area contributed by atoms with E-state index >= 15 is 0 Å². The van der Waals surface area contributed by atoms with Crippen molar-refractivity contribution in [3.63, 3.8) is 0 Å². The minimum atomic E-state index is -1.50. The highest BCUT2D eigenvalue weighted by atomic mass is 16.4. The van der Waals surface area contributed by atoms with Crippen LogP contribution in [0, 0.1) is 5.41 Å². The van der Waals surface area contributed by atoms with E-state index in [1.165, 1.54) is 6.92 Å². The summed E-state index contributed by atoms with van der Waals surface area (Å²) in [5.74, 6) is -1.02. The number of aliphatic carboxylic acids is 1. The molecule has 2 nitrogen and oxygen atoms in total. The maximum atomic E-state index is 10.5. The van der Waals surface area contributed by atoms with Crippen LogP contribution in [-0.4, -0.2) is 11.1 Å². The Morgan fingerprint density at radius 3 is 2.62 bits per heavy atom. The Morgan fingerprint density at radius 1 is 2.00 bits per heavy atom. The second kappa shape index (κ2) is 1.47. The molecule has 0 aromatic heterocycles. The molecule has 1 N–H and O–H groups in total. The molecule has 0 radical (unpaired) electrons. The Kier molecular flexibility index (Phi) is 0.641. The van der Waals surface area contributed by atoms with Crippen LogP contribution in [-0.2, 0) is 4.79 Å². The van der Waals surface area contributed by atoms with E-state index in [1.54, 1.807) is 0 Å². The first-order valence-corrected chi connectivity index (χ1v) is 2.63. The van der Waals surface area contributed by atoms with Crippen LogP contribution in [0.25, 0.3) is 0 Å². The maximum Gasteiger partial charge on any atom is 0.309 e. The summed E-state index contributed by atoms with van der Waals surface area (Å²) < 4.78 is 14.5. The van der Waals surface area contributed by atoms with Gasteiger partial charge in [0.25, 0.3) is 0 Å². The molecule has 8 heavy (non-hydrogen) atoms. The molecule has 2 heteroatoms. The number of carboxylic acid groups (broad SMARTS) is 1. The smallest absolute Gasteiger partial charge is 0.309 e. The lowest BCUT2D eigenvalue weighted by molar-refractivity contribution is -0.152. The quantitative estimate of drug-likeness (QED) is 0.560. The molecule has 1 unspecified atom stereocenters. The molecule has 0 aliphatic heterocycles. The van der Waals surface area contributed by atoms with Gasteiger partial charge in [-0.2, -0.15) is 0 Å². The molecular formula is C6H10O2. The van der Waals surface area contributed by atoms with Gasteiger partial charge >= 0.3 is 5.97 Å². The lowest BCUT2D eigenvalue weighted by Crippen LogP contribution is -2.34. The van der Waals surface area contributed by atoms with Crippen LogP contribution >= 0.6 is 0 Å². The second-order valence-electron chi connectivity index (χ2n) is 2.31. The largest absolute Gasteiger partial charge is 0.481 e. The number of rotatable bonds is 1. The van der Waals surface area contributed by atoms with Gasteiger partial charge < -0.3 is 5.11 Å². The van der Waals surface area contributed by atoms with Crippen LogP contribution in [0.1, 0.15) is 28.9 Å². The van der Waals surface area contributed by atoms with Crippen LogP contribution in [0.15, 0.2) is 0 Å². The zero-order valence-electron chi connectivity index (χ0n) is 6.77. The predicted octanol–water partition coefficient (Wildman–Crippen LogP) is 1.26. The van der Waals surface area contributed by atoms with Gasteiger partial charge in [-0.15, -0.1) is 0 Å². The highest BCUT2D eigenvalue weighted by Gasteiger charge is 2.38. The Bertz CT molecular complexity index is 179. The zero-order valence-corrected chi connectivity index (χ0v) is 4.77. The highest BCUT2D eigenvalue weighted by molar-refractivity contribution is 5.75. The van der Waals surface area contributed by atoms with Gasteiger partial charge in [0, 0.05) is 2.74 Å². The molecule has 1 aliphatic rings. The van der Waals surface area contributed by atoms with Crippen molar-refractivity contribution in [2.45, 2.75) is 26.1 Å². The normalized spacial score (nSPS) is 46.1. The first-order valence-electron chi connectivity index (χ1n) is 3.63. The molecule has 46 valence electrons. The fraction of sp³-hybridized carbons (Fsp3) is 0.833. The number of hydrogen-bond donors (Lipinski definition) is 1. The van der Waals surface area contributed by atoms with Crippen molar-refractivity contribution in [3.8, 4) is 0 Å². The third-order valence-corrected chi connectivity index (χ3v) is 1.61. The molecule has 0 spiro atoms. The van der Waals surface area contributed by atoms with Gasteiger partial charge in [-0.05, 0) is 19.7 Å². The number of carboxylic acids is 1. The number of carbonyl (C=O) groups is 1. The van der Waals surface area contributed by atoms with Crippen LogP contribution < -0.4 is 0 Å². The Morgan fingerprint density at radius 2 is 2.62 bits per heavy atom. The van der Waals surface area contributed by atoms with Crippen molar-refractivity contribution in [1.82, 2.24) is 0 Å². The van der Waals surface area contributed by atoms with Gasteiger partial charge in [-0.1, -0.05) is 6.42 Å². The van der Waals surface area contributed by atoms with Crippen LogP contribution in [0.3, 0.4) is 0 Å². The monoisotopic (exact) mass is 116 g/mol. The van der Waals surface area contributed by atoms with Crippen molar-refractivity contribution in [1.29, 1.82) is 0 Å². The fourth-order valence-corrected chi connectivity index (χ4v) is 0.683. The molecule has 0 aromatic rings. The van der Waals surface area contributed by atoms with Crippen molar-refractivity contribution >= 4 is 5.97 Å². The van der Waals surface area contributed by atoms with Crippen molar-refractivity contribution in [2.75, 3.05) is 0 Å². The molecule has 1 aliphatic carbocycles. The maximum absolute atomic E-state index is 10.5. The molecule has 0 saturated heterocycles. The second-order valence-corrected chi connectivity index (χ2v) is 2.31. The van der Waals surface area contributed by atoms with E-state index in [-0.39, 0.29) is 0 Å².